The van der Waals surface area contributed by atoms with Gasteiger partial charge in [-0.2, -0.15) is 0 Å². The van der Waals surface area contributed by atoms with Crippen LogP contribution in [0.5, 0.6) is 0 Å². The summed E-state index contributed by atoms with van der Waals surface area (Å²) < 4.78 is 5.52. The van der Waals surface area contributed by atoms with Gasteiger partial charge in [0.2, 0.25) is 0 Å². The largest absolute Gasteiger partial charge is 0.385 e. The number of pyridine rings is 1. The first-order chi connectivity index (χ1) is 12.3. The monoisotopic (exact) mass is 339 g/mol. The maximum atomic E-state index is 12.2. The smallest absolute Gasteiger partial charge is 0.270 e. The van der Waals surface area contributed by atoms with E-state index in [9.17, 15) is 4.79 Å². The predicted octanol–water partition coefficient (Wildman–Crippen LogP) is 3.04. The molecule has 1 aromatic heterocycles. The fourth-order valence-corrected chi connectivity index (χ4v) is 2.94. The van der Waals surface area contributed by atoms with Crippen LogP contribution in [0.3, 0.4) is 0 Å². The number of nitrogens with zero attached hydrogens (tertiary/aromatic N) is 1. The maximum absolute atomic E-state index is 12.2. The normalized spacial score (nSPS) is 16.6. The van der Waals surface area contributed by atoms with Gasteiger partial charge in [0, 0.05) is 31.6 Å². The minimum absolute atomic E-state index is 0.142. The van der Waals surface area contributed by atoms with Crippen LogP contribution >= 0.6 is 0 Å². The summed E-state index contributed by atoms with van der Waals surface area (Å²) in [6, 6.07) is 14.1. The summed E-state index contributed by atoms with van der Waals surface area (Å²) in [6.45, 7) is 2.20. The third kappa shape index (κ3) is 5.57. The van der Waals surface area contributed by atoms with Crippen LogP contribution in [0.15, 0.2) is 48.7 Å². The Bertz CT molecular complexity index is 670. The topological polar surface area (TPSA) is 63.2 Å². The molecule has 1 aliphatic rings. The number of aryl methyl sites for hydroxylation is 1. The number of nitrogens with one attached hydrogen (secondary N) is 2. The summed E-state index contributed by atoms with van der Waals surface area (Å²) in [6.07, 6.45) is 5.96. The van der Waals surface area contributed by atoms with Crippen LogP contribution in [-0.2, 0) is 11.2 Å². The van der Waals surface area contributed by atoms with E-state index in [4.69, 9.17) is 4.74 Å². The molecule has 0 bridgehead atoms. The SMILES string of the molecule is O=C(NCC1CCCO1)c1cc(NCCCc2ccccc2)ccn1. The zero-order valence-electron chi connectivity index (χ0n) is 14.4. The van der Waals surface area contributed by atoms with E-state index in [1.807, 2.05) is 12.1 Å². The van der Waals surface area contributed by atoms with E-state index < -0.39 is 0 Å². The quantitative estimate of drug-likeness (QED) is 0.726. The Kier molecular flexibility index (Phi) is 6.40. The number of carbonyl (C=O) groups excluding carboxylic acids is 1. The van der Waals surface area contributed by atoms with Crippen LogP contribution < -0.4 is 10.6 Å². The van der Waals surface area contributed by atoms with E-state index in [2.05, 4.69) is 39.9 Å². The fraction of sp³-hybridized carbons (Fsp3) is 0.400. The zero-order valence-corrected chi connectivity index (χ0v) is 14.4. The molecule has 1 fully saturated rings. The van der Waals surface area contributed by atoms with E-state index in [1.165, 1.54) is 5.56 Å². The second-order valence-electron chi connectivity index (χ2n) is 6.29. The number of amides is 1. The lowest BCUT2D eigenvalue weighted by atomic mass is 10.1. The Morgan fingerprint density at radius 2 is 2.12 bits per heavy atom. The van der Waals surface area contributed by atoms with Gasteiger partial charge >= 0.3 is 0 Å². The van der Waals surface area contributed by atoms with Gasteiger partial charge in [-0.05, 0) is 43.4 Å². The van der Waals surface area contributed by atoms with Gasteiger partial charge in [0.05, 0.1) is 6.10 Å². The van der Waals surface area contributed by atoms with E-state index in [1.54, 1.807) is 12.3 Å². The first-order valence-electron chi connectivity index (χ1n) is 8.95. The fourth-order valence-electron chi connectivity index (χ4n) is 2.94. The molecule has 0 aliphatic carbocycles. The highest BCUT2D eigenvalue weighted by Crippen LogP contribution is 2.12. The van der Waals surface area contributed by atoms with Crippen molar-refractivity contribution in [1.29, 1.82) is 0 Å². The molecule has 2 aromatic rings. The Hall–Kier alpha value is -2.40. The van der Waals surface area contributed by atoms with Crippen molar-refractivity contribution >= 4 is 11.6 Å². The summed E-state index contributed by atoms with van der Waals surface area (Å²) in [4.78, 5) is 16.4. The van der Waals surface area contributed by atoms with Crippen molar-refractivity contribution in [3.8, 4) is 0 Å². The Balaban J connectivity index is 1.43. The molecule has 1 atom stereocenters. The number of benzene rings is 1. The average molecular weight is 339 g/mol. The molecule has 2 heterocycles. The molecule has 0 saturated carbocycles. The summed E-state index contributed by atoms with van der Waals surface area (Å²) >= 11 is 0. The number of hydrogen-bond donors (Lipinski definition) is 2. The van der Waals surface area contributed by atoms with Gasteiger partial charge in [-0.1, -0.05) is 30.3 Å². The first kappa shape index (κ1) is 17.4. The Morgan fingerprint density at radius 1 is 1.24 bits per heavy atom. The standard InChI is InChI=1S/C20H25N3O2/c24-20(23-15-18-9-5-13-25-18)19-14-17(10-12-22-19)21-11-4-8-16-6-2-1-3-7-16/h1-3,6-7,10,12,14,18H,4-5,8-9,11,13,15H2,(H,21,22)(H,23,24). The second kappa shape index (κ2) is 9.18. The third-order valence-corrected chi connectivity index (χ3v) is 4.32. The number of anilines is 1. The van der Waals surface area contributed by atoms with Gasteiger partial charge in [0.1, 0.15) is 5.69 Å². The lowest BCUT2D eigenvalue weighted by Crippen LogP contribution is -2.32. The highest BCUT2D eigenvalue weighted by molar-refractivity contribution is 5.93. The molecular weight excluding hydrogens is 314 g/mol. The minimum Gasteiger partial charge on any atom is -0.385 e. The van der Waals surface area contributed by atoms with Crippen molar-refractivity contribution < 1.29 is 9.53 Å². The molecule has 2 N–H and O–H groups in total. The van der Waals surface area contributed by atoms with Gasteiger partial charge in [-0.3, -0.25) is 9.78 Å². The molecule has 1 aliphatic heterocycles. The summed E-state index contributed by atoms with van der Waals surface area (Å²) in [5.41, 5.74) is 2.70. The van der Waals surface area contributed by atoms with Crippen molar-refractivity contribution in [3.05, 3.63) is 59.9 Å². The number of aromatic nitrogens is 1. The van der Waals surface area contributed by atoms with Crippen molar-refractivity contribution in [1.82, 2.24) is 10.3 Å². The van der Waals surface area contributed by atoms with E-state index >= 15 is 0 Å². The van der Waals surface area contributed by atoms with Crippen LogP contribution in [0.4, 0.5) is 5.69 Å². The van der Waals surface area contributed by atoms with E-state index in [-0.39, 0.29) is 12.0 Å². The highest BCUT2D eigenvalue weighted by atomic mass is 16.5. The van der Waals surface area contributed by atoms with Crippen LogP contribution in [0.2, 0.25) is 0 Å². The molecule has 0 spiro atoms. The molecule has 1 unspecified atom stereocenters. The first-order valence-corrected chi connectivity index (χ1v) is 8.95. The van der Waals surface area contributed by atoms with Crippen LogP contribution in [-0.4, -0.2) is 36.7 Å². The molecule has 0 radical (unpaired) electrons. The highest BCUT2D eigenvalue weighted by Gasteiger charge is 2.17. The van der Waals surface area contributed by atoms with Crippen molar-refractivity contribution in [2.45, 2.75) is 31.8 Å². The average Bonchev–Trinajstić information content (AvgIpc) is 3.18. The van der Waals surface area contributed by atoms with Gasteiger partial charge < -0.3 is 15.4 Å². The zero-order chi connectivity index (χ0) is 17.3. The predicted molar refractivity (Wildman–Crippen MR) is 98.8 cm³/mol. The molecule has 1 amide bonds. The van der Waals surface area contributed by atoms with Crippen molar-refractivity contribution in [2.75, 3.05) is 25.0 Å². The Labute approximate surface area is 148 Å². The van der Waals surface area contributed by atoms with E-state index in [0.717, 1.165) is 44.5 Å². The maximum Gasteiger partial charge on any atom is 0.270 e. The molecule has 132 valence electrons. The molecule has 3 rings (SSSR count). The van der Waals surface area contributed by atoms with Gasteiger partial charge in [0.25, 0.3) is 5.91 Å². The van der Waals surface area contributed by atoms with E-state index in [0.29, 0.717) is 12.2 Å². The number of ether oxygens (including phenoxy) is 1. The van der Waals surface area contributed by atoms with Gasteiger partial charge in [-0.25, -0.2) is 0 Å². The number of hydrogen-bond acceptors (Lipinski definition) is 4. The van der Waals surface area contributed by atoms with Crippen LogP contribution in [0.25, 0.3) is 0 Å². The number of carbonyl (C=O) groups is 1. The van der Waals surface area contributed by atoms with Crippen LogP contribution in [0, 0.1) is 0 Å². The minimum atomic E-state index is -0.150. The summed E-state index contributed by atoms with van der Waals surface area (Å²) in [7, 11) is 0. The molecular formula is C20H25N3O2. The molecule has 5 nitrogen and oxygen atoms in total. The summed E-state index contributed by atoms with van der Waals surface area (Å²) in [5, 5.41) is 6.27. The van der Waals surface area contributed by atoms with Gasteiger partial charge in [-0.15, -0.1) is 0 Å². The lowest BCUT2D eigenvalue weighted by molar-refractivity contribution is 0.0854. The third-order valence-electron chi connectivity index (χ3n) is 4.32. The molecule has 1 saturated heterocycles. The molecule has 25 heavy (non-hydrogen) atoms. The number of rotatable bonds is 8. The van der Waals surface area contributed by atoms with Crippen LogP contribution in [0.1, 0.15) is 35.3 Å². The molecule has 5 heteroatoms. The van der Waals surface area contributed by atoms with Crippen molar-refractivity contribution in [2.24, 2.45) is 0 Å². The van der Waals surface area contributed by atoms with Crippen molar-refractivity contribution in [3.63, 3.8) is 0 Å². The van der Waals surface area contributed by atoms with Gasteiger partial charge in [0.15, 0.2) is 0 Å². The molecule has 1 aromatic carbocycles. The Morgan fingerprint density at radius 3 is 2.92 bits per heavy atom. The lowest BCUT2D eigenvalue weighted by Gasteiger charge is -2.11. The summed E-state index contributed by atoms with van der Waals surface area (Å²) in [5.74, 6) is -0.150. The second-order valence-corrected chi connectivity index (χ2v) is 6.29.